The Morgan fingerprint density at radius 3 is 1.72 bits per heavy atom. The Morgan fingerprint density at radius 1 is 0.793 bits per heavy atom. The van der Waals surface area contributed by atoms with Crippen LogP contribution in [0.1, 0.15) is 40.5 Å². The van der Waals surface area contributed by atoms with Crippen molar-refractivity contribution in [1.29, 1.82) is 0 Å². The highest BCUT2D eigenvalue weighted by atomic mass is 32.1. The maximum atomic E-state index is 12.1. The standard InChI is InChI=1S/C18H24O10S/c1-9(19)24-8-15-17(26-11(3)21)18(27-12(4)22)16(25-10(2)20)14(28-15)7-13(23)5-6-29/h6,14-18H,5,7-8H2,1-4H3/t14-,15+,16-,17-,18+/m0/s1. The number of rotatable bonds is 9. The Hall–Kier alpha value is -2.40. The van der Waals surface area contributed by atoms with Crippen LogP contribution in [0.5, 0.6) is 0 Å². The molecule has 0 amide bonds. The van der Waals surface area contributed by atoms with Gasteiger partial charge in [-0.05, 0) is 5.37 Å². The second kappa shape index (κ2) is 11.6. The van der Waals surface area contributed by atoms with E-state index in [1.54, 1.807) is 0 Å². The fourth-order valence-corrected chi connectivity index (χ4v) is 3.07. The highest BCUT2D eigenvalue weighted by Crippen LogP contribution is 2.31. The summed E-state index contributed by atoms with van der Waals surface area (Å²) in [5.41, 5.74) is 0. The topological polar surface area (TPSA) is 132 Å². The summed E-state index contributed by atoms with van der Waals surface area (Å²) in [5.74, 6) is -3.10. The Balaban J connectivity index is 3.31. The fraction of sp³-hybridized carbons (Fsp3) is 0.667. The van der Waals surface area contributed by atoms with Gasteiger partial charge in [-0.25, -0.2) is 0 Å². The molecule has 10 nitrogen and oxygen atoms in total. The Morgan fingerprint density at radius 2 is 1.28 bits per heavy atom. The van der Waals surface area contributed by atoms with Crippen molar-refractivity contribution in [3.8, 4) is 0 Å². The highest BCUT2D eigenvalue weighted by Gasteiger charge is 2.52. The van der Waals surface area contributed by atoms with Crippen molar-refractivity contribution < 1.29 is 47.7 Å². The highest BCUT2D eigenvalue weighted by molar-refractivity contribution is 7.79. The summed E-state index contributed by atoms with van der Waals surface area (Å²) >= 11 is 4.68. The average molecular weight is 432 g/mol. The van der Waals surface area contributed by atoms with Crippen molar-refractivity contribution in [3.63, 3.8) is 0 Å². The summed E-state index contributed by atoms with van der Waals surface area (Å²) in [6.45, 7) is 4.22. The molecule has 1 aliphatic rings. The summed E-state index contributed by atoms with van der Waals surface area (Å²) in [4.78, 5) is 58.2. The maximum Gasteiger partial charge on any atom is 0.303 e. The van der Waals surface area contributed by atoms with Gasteiger partial charge in [-0.15, -0.1) is 0 Å². The average Bonchev–Trinajstić information content (AvgIpc) is 2.57. The molecule has 0 aromatic carbocycles. The van der Waals surface area contributed by atoms with Crippen LogP contribution in [-0.4, -0.2) is 72.2 Å². The summed E-state index contributed by atoms with van der Waals surface area (Å²) < 4.78 is 26.5. The van der Waals surface area contributed by atoms with Gasteiger partial charge >= 0.3 is 23.9 Å². The lowest BCUT2D eigenvalue weighted by Gasteiger charge is -2.44. The molecule has 5 atom stereocenters. The number of esters is 4. The molecule has 0 spiro atoms. The minimum absolute atomic E-state index is 0.0256. The molecule has 0 aromatic rings. The lowest BCUT2D eigenvalue weighted by atomic mass is 9.91. The van der Waals surface area contributed by atoms with E-state index in [0.717, 1.165) is 20.8 Å². The van der Waals surface area contributed by atoms with Gasteiger partial charge in [0.15, 0.2) is 18.3 Å². The first-order valence-electron chi connectivity index (χ1n) is 8.81. The van der Waals surface area contributed by atoms with Crippen LogP contribution in [0.3, 0.4) is 0 Å². The Labute approximate surface area is 173 Å². The van der Waals surface area contributed by atoms with Crippen molar-refractivity contribution in [2.75, 3.05) is 6.61 Å². The molecule has 0 N–H and O–H groups in total. The van der Waals surface area contributed by atoms with Gasteiger partial charge in [-0.1, -0.05) is 12.2 Å². The van der Waals surface area contributed by atoms with Gasteiger partial charge < -0.3 is 23.7 Å². The first-order valence-corrected chi connectivity index (χ1v) is 9.28. The van der Waals surface area contributed by atoms with Crippen LogP contribution in [0, 0.1) is 0 Å². The molecule has 1 rings (SSSR count). The fourth-order valence-electron chi connectivity index (χ4n) is 2.88. The molecule has 0 bridgehead atoms. The van der Waals surface area contributed by atoms with E-state index in [9.17, 15) is 24.0 Å². The van der Waals surface area contributed by atoms with Crippen molar-refractivity contribution >= 4 is 47.2 Å². The van der Waals surface area contributed by atoms with E-state index in [4.69, 9.17) is 23.7 Å². The summed E-state index contributed by atoms with van der Waals surface area (Å²) in [5, 5.41) is 1.24. The molecule has 11 heteroatoms. The molecule has 0 aliphatic carbocycles. The normalized spacial score (nSPS) is 26.0. The van der Waals surface area contributed by atoms with E-state index in [2.05, 4.69) is 12.2 Å². The number of hydrogen-bond acceptors (Lipinski definition) is 11. The van der Waals surface area contributed by atoms with Crippen LogP contribution in [0.15, 0.2) is 0 Å². The quantitative estimate of drug-likeness (QED) is 0.286. The molecule has 0 unspecified atom stereocenters. The first kappa shape index (κ1) is 24.6. The van der Waals surface area contributed by atoms with E-state index in [1.807, 2.05) is 0 Å². The first-order chi connectivity index (χ1) is 13.5. The minimum atomic E-state index is -1.28. The van der Waals surface area contributed by atoms with Crippen LogP contribution >= 0.6 is 12.2 Å². The number of ketones is 1. The van der Waals surface area contributed by atoms with Gasteiger partial charge in [-0.3, -0.25) is 24.0 Å². The SMILES string of the molecule is CC(=O)OC[C@H]1O[C@@H](CC(=O)CC=S)[C@H](OC(C)=O)[C@@H](OC(C)=O)[C@H]1OC(C)=O. The summed E-state index contributed by atoms with van der Waals surface area (Å²) in [6, 6.07) is 0. The van der Waals surface area contributed by atoms with Crippen LogP contribution < -0.4 is 0 Å². The largest absolute Gasteiger partial charge is 0.463 e. The molecule has 1 saturated heterocycles. The zero-order valence-electron chi connectivity index (χ0n) is 16.6. The number of carbonyl (C=O) groups is 5. The van der Waals surface area contributed by atoms with Crippen LogP contribution in [-0.2, 0) is 47.7 Å². The minimum Gasteiger partial charge on any atom is -0.463 e. The van der Waals surface area contributed by atoms with E-state index in [-0.39, 0.29) is 25.2 Å². The van der Waals surface area contributed by atoms with Crippen LogP contribution in [0.25, 0.3) is 0 Å². The zero-order chi connectivity index (χ0) is 22.1. The molecule has 29 heavy (non-hydrogen) atoms. The lowest BCUT2D eigenvalue weighted by molar-refractivity contribution is -0.252. The summed E-state index contributed by atoms with van der Waals surface area (Å²) in [7, 11) is 0. The zero-order valence-corrected chi connectivity index (χ0v) is 17.4. The summed E-state index contributed by atoms with van der Waals surface area (Å²) in [6.07, 6.45) is -6.10. The molecule has 0 radical (unpaired) electrons. The molecule has 0 aromatic heterocycles. The van der Waals surface area contributed by atoms with Gasteiger partial charge in [0.25, 0.3) is 0 Å². The van der Waals surface area contributed by atoms with Gasteiger partial charge in [0.1, 0.15) is 24.6 Å². The van der Waals surface area contributed by atoms with Crippen molar-refractivity contribution in [2.24, 2.45) is 0 Å². The predicted octanol–water partition coefficient (Wildman–Crippen LogP) is 0.461. The molecule has 1 heterocycles. The maximum absolute atomic E-state index is 12.1. The van der Waals surface area contributed by atoms with Gasteiger partial charge in [0, 0.05) is 40.5 Å². The number of ether oxygens (including phenoxy) is 5. The second-order valence-corrected chi connectivity index (χ2v) is 6.68. The van der Waals surface area contributed by atoms with E-state index < -0.39 is 54.4 Å². The Kier molecular flexibility index (Phi) is 9.83. The second-order valence-electron chi connectivity index (χ2n) is 6.35. The van der Waals surface area contributed by atoms with Gasteiger partial charge in [0.05, 0.1) is 0 Å². The van der Waals surface area contributed by atoms with Crippen LogP contribution in [0.4, 0.5) is 0 Å². The Bertz CT molecular complexity index is 661. The molecule has 1 fully saturated rings. The predicted molar refractivity (Wildman–Crippen MR) is 99.9 cm³/mol. The third-order valence-electron chi connectivity index (χ3n) is 3.83. The number of hydrogen-bond donors (Lipinski definition) is 0. The monoisotopic (exact) mass is 432 g/mol. The third kappa shape index (κ3) is 8.24. The van der Waals surface area contributed by atoms with Gasteiger partial charge in [-0.2, -0.15) is 0 Å². The molecular weight excluding hydrogens is 408 g/mol. The van der Waals surface area contributed by atoms with Crippen molar-refractivity contribution in [3.05, 3.63) is 0 Å². The van der Waals surface area contributed by atoms with Crippen molar-refractivity contribution in [1.82, 2.24) is 0 Å². The van der Waals surface area contributed by atoms with E-state index in [1.165, 1.54) is 12.3 Å². The van der Waals surface area contributed by atoms with Crippen molar-refractivity contribution in [2.45, 2.75) is 71.1 Å². The molecule has 1 aliphatic heterocycles. The molecule has 162 valence electrons. The molecular formula is C18H24O10S. The van der Waals surface area contributed by atoms with E-state index in [0.29, 0.717) is 0 Å². The number of Topliss-reactive ketones (excluding diaryl/α,β-unsaturated/α-hetero) is 1. The molecule has 0 saturated carbocycles. The van der Waals surface area contributed by atoms with Crippen LogP contribution in [0.2, 0.25) is 0 Å². The smallest absolute Gasteiger partial charge is 0.303 e. The van der Waals surface area contributed by atoms with Gasteiger partial charge in [0.2, 0.25) is 0 Å². The number of carbonyl (C=O) groups excluding carboxylic acids is 5. The third-order valence-corrected chi connectivity index (χ3v) is 3.99. The number of thiocarbonyl (C=S) groups is 1. The lowest BCUT2D eigenvalue weighted by Crippen LogP contribution is -2.62. The van der Waals surface area contributed by atoms with E-state index >= 15 is 0 Å².